The highest BCUT2D eigenvalue weighted by Gasteiger charge is 2.45. The van der Waals surface area contributed by atoms with Crippen molar-refractivity contribution >= 4 is 11.8 Å². The molecule has 2 fully saturated rings. The van der Waals surface area contributed by atoms with E-state index in [1.807, 2.05) is 24.0 Å². The number of carbonyl (C=O) groups is 2. The van der Waals surface area contributed by atoms with Crippen molar-refractivity contribution in [3.8, 4) is 0 Å². The number of alkyl halides is 9. The molecule has 2 amide bonds. The second-order valence-electron chi connectivity index (χ2n) is 10.2. The molecule has 2 aromatic rings. The van der Waals surface area contributed by atoms with Crippen molar-refractivity contribution < 1.29 is 49.1 Å². The Morgan fingerprint density at radius 1 is 0.732 bits per heavy atom. The van der Waals surface area contributed by atoms with E-state index in [4.69, 9.17) is 0 Å². The van der Waals surface area contributed by atoms with Gasteiger partial charge in [0.1, 0.15) is 0 Å². The minimum atomic E-state index is -5.11. The van der Waals surface area contributed by atoms with Gasteiger partial charge in [-0.1, -0.05) is 29.8 Å². The predicted molar refractivity (Wildman–Crippen MR) is 129 cm³/mol. The third kappa shape index (κ3) is 6.96. The average molecular weight is 596 g/mol. The number of likely N-dealkylation sites (tertiary alicyclic amines) is 1. The maximum atomic E-state index is 13.4. The standard InChI is InChI=1S/C27H26F9N3O2/c1-16-2-4-17(5-3-16)21-15-39(7-6-22(21)37-8-10-38(11-9-37)24(41)27(34,35)36)23(40)18-12-19(25(28,29)30)14-20(13-18)26(31,32)33/h2-5,12-14,21-22H,6-11,15H2,1H3. The van der Waals surface area contributed by atoms with Gasteiger partial charge in [0, 0.05) is 56.8 Å². The fraction of sp³-hybridized carbons (Fsp3) is 0.481. The summed E-state index contributed by atoms with van der Waals surface area (Å²) in [5.74, 6) is -3.35. The molecule has 2 aromatic carbocycles. The summed E-state index contributed by atoms with van der Waals surface area (Å²) < 4.78 is 119. The topological polar surface area (TPSA) is 43.9 Å². The molecule has 41 heavy (non-hydrogen) atoms. The molecule has 4 rings (SSSR count). The van der Waals surface area contributed by atoms with Gasteiger partial charge in [-0.2, -0.15) is 39.5 Å². The van der Waals surface area contributed by atoms with Crippen LogP contribution >= 0.6 is 0 Å². The fourth-order valence-corrected chi connectivity index (χ4v) is 5.40. The Morgan fingerprint density at radius 3 is 1.76 bits per heavy atom. The lowest BCUT2D eigenvalue weighted by molar-refractivity contribution is -0.187. The number of aryl methyl sites for hydroxylation is 1. The summed E-state index contributed by atoms with van der Waals surface area (Å²) in [6, 6.07) is 7.71. The quantitative estimate of drug-likeness (QED) is 0.426. The Kier molecular flexibility index (Phi) is 8.36. The van der Waals surface area contributed by atoms with Crippen molar-refractivity contribution in [3.05, 3.63) is 70.3 Å². The van der Waals surface area contributed by atoms with Crippen LogP contribution in [0.25, 0.3) is 0 Å². The van der Waals surface area contributed by atoms with E-state index < -0.39 is 53.0 Å². The number of amides is 2. The van der Waals surface area contributed by atoms with Crippen molar-refractivity contribution in [1.29, 1.82) is 0 Å². The van der Waals surface area contributed by atoms with Gasteiger partial charge in [0.25, 0.3) is 5.91 Å². The predicted octanol–water partition coefficient (Wildman–Crippen LogP) is 5.74. The van der Waals surface area contributed by atoms with Crippen LogP contribution in [-0.2, 0) is 17.1 Å². The largest absolute Gasteiger partial charge is 0.471 e. The van der Waals surface area contributed by atoms with Crippen molar-refractivity contribution in [2.45, 2.75) is 43.8 Å². The van der Waals surface area contributed by atoms with Crippen LogP contribution in [0.2, 0.25) is 0 Å². The Hall–Kier alpha value is -3.29. The molecule has 0 aromatic heterocycles. The average Bonchev–Trinajstić information content (AvgIpc) is 2.91. The van der Waals surface area contributed by atoms with E-state index in [0.717, 1.165) is 16.0 Å². The molecule has 0 radical (unpaired) electrons. The number of hydrogen-bond donors (Lipinski definition) is 0. The summed E-state index contributed by atoms with van der Waals surface area (Å²) in [6.07, 6.45) is -14.9. The zero-order chi connectivity index (χ0) is 30.3. The van der Waals surface area contributed by atoms with E-state index >= 15 is 0 Å². The molecule has 14 heteroatoms. The molecule has 2 aliphatic rings. The number of hydrogen-bond acceptors (Lipinski definition) is 3. The molecule has 5 nitrogen and oxygen atoms in total. The van der Waals surface area contributed by atoms with Gasteiger partial charge in [-0.15, -0.1) is 0 Å². The molecule has 0 bridgehead atoms. The van der Waals surface area contributed by atoms with Crippen LogP contribution in [0.4, 0.5) is 39.5 Å². The molecule has 2 unspecified atom stereocenters. The first-order valence-electron chi connectivity index (χ1n) is 12.7. The first-order valence-corrected chi connectivity index (χ1v) is 12.7. The van der Waals surface area contributed by atoms with Gasteiger partial charge >= 0.3 is 24.4 Å². The monoisotopic (exact) mass is 595 g/mol. The van der Waals surface area contributed by atoms with Crippen molar-refractivity contribution in [3.63, 3.8) is 0 Å². The normalized spacial score (nSPS) is 21.2. The molecule has 2 atom stereocenters. The Labute approximate surface area is 229 Å². The summed E-state index contributed by atoms with van der Waals surface area (Å²) in [4.78, 5) is 28.8. The Balaban J connectivity index is 1.59. The maximum Gasteiger partial charge on any atom is 0.471 e. The van der Waals surface area contributed by atoms with Crippen LogP contribution < -0.4 is 0 Å². The number of benzene rings is 2. The highest BCUT2D eigenvalue weighted by Crippen LogP contribution is 2.38. The van der Waals surface area contributed by atoms with E-state index in [9.17, 15) is 49.1 Å². The smallest absolute Gasteiger partial charge is 0.338 e. The molecule has 2 aliphatic heterocycles. The molecule has 224 valence electrons. The number of nitrogens with zero attached hydrogens (tertiary/aromatic N) is 3. The van der Waals surface area contributed by atoms with Gasteiger partial charge in [-0.25, -0.2) is 0 Å². The van der Waals surface area contributed by atoms with E-state index in [1.165, 1.54) is 4.90 Å². The Morgan fingerprint density at radius 2 is 1.27 bits per heavy atom. The number of halogens is 9. The van der Waals surface area contributed by atoms with Gasteiger partial charge in [-0.05, 0) is 37.1 Å². The van der Waals surface area contributed by atoms with Crippen molar-refractivity contribution in [2.24, 2.45) is 0 Å². The second-order valence-corrected chi connectivity index (χ2v) is 10.2. The fourth-order valence-electron chi connectivity index (χ4n) is 5.40. The van der Waals surface area contributed by atoms with Gasteiger partial charge in [0.2, 0.25) is 0 Å². The molecule has 0 saturated carbocycles. The van der Waals surface area contributed by atoms with Crippen molar-refractivity contribution in [1.82, 2.24) is 14.7 Å². The highest BCUT2D eigenvalue weighted by molar-refractivity contribution is 5.95. The van der Waals surface area contributed by atoms with E-state index in [2.05, 4.69) is 0 Å². The lowest BCUT2D eigenvalue weighted by atomic mass is 9.84. The van der Waals surface area contributed by atoms with Crippen LogP contribution in [0.1, 0.15) is 45.0 Å². The summed E-state index contributed by atoms with van der Waals surface area (Å²) in [7, 11) is 0. The van der Waals surface area contributed by atoms with Gasteiger partial charge in [0.15, 0.2) is 0 Å². The number of rotatable bonds is 3. The number of piperazine rings is 1. The molecule has 0 aliphatic carbocycles. The number of carbonyl (C=O) groups excluding carboxylic acids is 2. The lowest BCUT2D eigenvalue weighted by Gasteiger charge is -2.47. The van der Waals surface area contributed by atoms with Crippen molar-refractivity contribution in [2.75, 3.05) is 39.3 Å². The highest BCUT2D eigenvalue weighted by atomic mass is 19.4. The van der Waals surface area contributed by atoms with E-state index in [0.29, 0.717) is 12.1 Å². The molecule has 0 N–H and O–H groups in total. The van der Waals surface area contributed by atoms with Crippen LogP contribution in [0.5, 0.6) is 0 Å². The zero-order valence-electron chi connectivity index (χ0n) is 21.7. The summed E-state index contributed by atoms with van der Waals surface area (Å²) in [6.45, 7) is 1.75. The van der Waals surface area contributed by atoms with Crippen LogP contribution in [0.3, 0.4) is 0 Å². The lowest BCUT2D eigenvalue weighted by Crippen LogP contribution is -2.58. The van der Waals surface area contributed by atoms with Gasteiger partial charge < -0.3 is 9.80 Å². The molecule has 2 heterocycles. The summed E-state index contributed by atoms with van der Waals surface area (Å²) in [5, 5.41) is 0. The maximum absolute atomic E-state index is 13.4. The minimum Gasteiger partial charge on any atom is -0.338 e. The number of piperidine rings is 1. The molecular formula is C27H26F9N3O2. The summed E-state index contributed by atoms with van der Waals surface area (Å²) in [5.41, 5.74) is -2.24. The van der Waals surface area contributed by atoms with Crippen LogP contribution in [0.15, 0.2) is 42.5 Å². The van der Waals surface area contributed by atoms with Gasteiger partial charge in [-0.3, -0.25) is 14.5 Å². The minimum absolute atomic E-state index is 0.00511. The Bertz CT molecular complexity index is 1230. The second kappa shape index (κ2) is 11.2. The third-order valence-electron chi connectivity index (χ3n) is 7.52. The van der Waals surface area contributed by atoms with Crippen LogP contribution in [-0.4, -0.2) is 78.0 Å². The molecule has 0 spiro atoms. The molecule has 2 saturated heterocycles. The van der Waals surface area contributed by atoms with Crippen LogP contribution in [0, 0.1) is 6.92 Å². The van der Waals surface area contributed by atoms with E-state index in [-0.39, 0.29) is 57.8 Å². The zero-order valence-corrected chi connectivity index (χ0v) is 21.7. The van der Waals surface area contributed by atoms with E-state index in [1.54, 1.807) is 12.1 Å². The SMILES string of the molecule is Cc1ccc(C2CN(C(=O)c3cc(C(F)(F)F)cc(C(F)(F)F)c3)CCC2N2CCN(C(=O)C(F)(F)F)CC2)cc1. The summed E-state index contributed by atoms with van der Waals surface area (Å²) >= 11 is 0. The molecular weight excluding hydrogens is 569 g/mol. The van der Waals surface area contributed by atoms with Gasteiger partial charge in [0.05, 0.1) is 11.1 Å². The third-order valence-corrected chi connectivity index (χ3v) is 7.52. The first kappa shape index (κ1) is 30.7. The first-order chi connectivity index (χ1) is 18.9.